The summed E-state index contributed by atoms with van der Waals surface area (Å²) in [5, 5.41) is 3.32. The Kier molecular flexibility index (Phi) is 6.88. The Morgan fingerprint density at radius 3 is 2.43 bits per heavy atom. The zero-order valence-electron chi connectivity index (χ0n) is 14.3. The van der Waals surface area contributed by atoms with Crippen molar-refractivity contribution >= 4 is 10.0 Å². The lowest BCUT2D eigenvalue weighted by atomic mass is 9.83. The highest BCUT2D eigenvalue weighted by atomic mass is 32.2. The predicted octanol–water partition coefficient (Wildman–Crippen LogP) is 2.77. The first kappa shape index (κ1) is 18.7. The number of hydrogen-bond acceptors (Lipinski definition) is 3. The maximum absolute atomic E-state index is 12.3. The molecule has 0 fully saturated rings. The molecule has 1 N–H and O–H groups in total. The first-order valence-corrected chi connectivity index (χ1v) is 9.64. The van der Waals surface area contributed by atoms with Crippen LogP contribution in [0.15, 0.2) is 11.6 Å². The molecule has 1 aliphatic heterocycles. The van der Waals surface area contributed by atoms with Crippen molar-refractivity contribution in [1.29, 1.82) is 0 Å². The molecule has 5 heteroatoms. The van der Waals surface area contributed by atoms with Crippen molar-refractivity contribution in [2.75, 3.05) is 25.4 Å². The Morgan fingerprint density at radius 2 is 1.95 bits per heavy atom. The highest BCUT2D eigenvalue weighted by Gasteiger charge is 2.27. The smallest absolute Gasteiger partial charge is 0.214 e. The minimum Gasteiger partial charge on any atom is -0.315 e. The molecule has 0 bridgehead atoms. The minimum absolute atomic E-state index is 0.151. The van der Waals surface area contributed by atoms with Crippen molar-refractivity contribution in [2.45, 2.75) is 59.9 Å². The van der Waals surface area contributed by atoms with Crippen molar-refractivity contribution in [3.8, 4) is 0 Å². The average Bonchev–Trinajstić information content (AvgIpc) is 2.37. The monoisotopic (exact) mass is 316 g/mol. The van der Waals surface area contributed by atoms with E-state index in [0.717, 1.165) is 25.8 Å². The van der Waals surface area contributed by atoms with Gasteiger partial charge in [-0.2, -0.15) is 4.31 Å². The number of nitrogens with one attached hydrogen (secondary N) is 1. The highest BCUT2D eigenvalue weighted by molar-refractivity contribution is 7.89. The molecule has 0 radical (unpaired) electrons. The molecular weight excluding hydrogens is 284 g/mol. The molecule has 0 saturated carbocycles. The molecule has 124 valence electrons. The number of unbranched alkanes of at least 4 members (excludes halogenated alkanes) is 1. The van der Waals surface area contributed by atoms with Gasteiger partial charge in [-0.25, -0.2) is 8.42 Å². The van der Waals surface area contributed by atoms with Gasteiger partial charge in [0.05, 0.1) is 5.75 Å². The Labute approximate surface area is 131 Å². The third-order valence-electron chi connectivity index (χ3n) is 3.91. The van der Waals surface area contributed by atoms with Crippen molar-refractivity contribution in [3.05, 3.63) is 11.6 Å². The van der Waals surface area contributed by atoms with Crippen molar-refractivity contribution in [2.24, 2.45) is 5.41 Å². The normalized spacial score (nSPS) is 18.1. The van der Waals surface area contributed by atoms with E-state index in [1.807, 2.05) is 0 Å². The molecule has 21 heavy (non-hydrogen) atoms. The lowest BCUT2D eigenvalue weighted by Crippen LogP contribution is -2.38. The van der Waals surface area contributed by atoms with E-state index in [1.165, 1.54) is 5.57 Å². The number of sulfonamides is 1. The van der Waals surface area contributed by atoms with Gasteiger partial charge in [-0.3, -0.25) is 0 Å². The number of nitrogens with zero attached hydrogens (tertiary/aromatic N) is 1. The van der Waals surface area contributed by atoms with Crippen LogP contribution < -0.4 is 5.32 Å². The lowest BCUT2D eigenvalue weighted by Gasteiger charge is -2.31. The molecule has 0 aliphatic carbocycles. The van der Waals surface area contributed by atoms with Gasteiger partial charge in [0.25, 0.3) is 0 Å². The quantitative estimate of drug-likeness (QED) is 0.580. The molecular formula is C16H32N2O2S. The average molecular weight is 317 g/mol. The Balaban J connectivity index is 2.41. The minimum atomic E-state index is -3.09. The van der Waals surface area contributed by atoms with E-state index >= 15 is 0 Å². The molecule has 0 atom stereocenters. The SMILES string of the molecule is CC(C)NCCCCS(=O)(=O)N1CC=C(C(C)(C)C)CC1. The Morgan fingerprint density at radius 1 is 1.29 bits per heavy atom. The second-order valence-electron chi connectivity index (χ2n) is 7.22. The van der Waals surface area contributed by atoms with E-state index < -0.39 is 10.0 Å². The first-order chi connectivity index (χ1) is 9.63. The van der Waals surface area contributed by atoms with E-state index in [4.69, 9.17) is 0 Å². The van der Waals surface area contributed by atoms with Crippen LogP contribution in [0.3, 0.4) is 0 Å². The van der Waals surface area contributed by atoms with Crippen LogP contribution in [0.4, 0.5) is 0 Å². The molecule has 0 unspecified atom stereocenters. The van der Waals surface area contributed by atoms with Crippen molar-refractivity contribution < 1.29 is 8.42 Å². The van der Waals surface area contributed by atoms with E-state index in [0.29, 0.717) is 19.1 Å². The van der Waals surface area contributed by atoms with Crippen LogP contribution in [0.5, 0.6) is 0 Å². The van der Waals surface area contributed by atoms with E-state index in [-0.39, 0.29) is 11.2 Å². The molecule has 0 saturated heterocycles. The van der Waals surface area contributed by atoms with Crippen LogP contribution in [-0.4, -0.2) is 44.2 Å². The second kappa shape index (κ2) is 7.75. The standard InChI is InChI=1S/C16H32N2O2S/c1-14(2)17-10-6-7-13-21(19,20)18-11-8-15(9-12-18)16(3,4)5/h8,14,17H,6-7,9-13H2,1-5H3. The van der Waals surface area contributed by atoms with E-state index in [2.05, 4.69) is 46.0 Å². The van der Waals surface area contributed by atoms with Crippen LogP contribution >= 0.6 is 0 Å². The van der Waals surface area contributed by atoms with Crippen LogP contribution in [0.1, 0.15) is 53.9 Å². The summed E-state index contributed by atoms with van der Waals surface area (Å²) in [5.74, 6) is 0.269. The Bertz CT molecular complexity index is 447. The van der Waals surface area contributed by atoms with Gasteiger partial charge in [0.15, 0.2) is 0 Å². The van der Waals surface area contributed by atoms with Gasteiger partial charge in [0, 0.05) is 19.1 Å². The molecule has 0 spiro atoms. The molecule has 0 aromatic carbocycles. The zero-order valence-corrected chi connectivity index (χ0v) is 15.1. The summed E-state index contributed by atoms with van der Waals surface area (Å²) in [5.41, 5.74) is 1.52. The topological polar surface area (TPSA) is 49.4 Å². The van der Waals surface area contributed by atoms with Gasteiger partial charge in [0.1, 0.15) is 0 Å². The molecule has 0 aromatic heterocycles. The van der Waals surface area contributed by atoms with Crippen molar-refractivity contribution in [3.63, 3.8) is 0 Å². The summed E-state index contributed by atoms with van der Waals surface area (Å²) in [7, 11) is -3.09. The zero-order chi connectivity index (χ0) is 16.1. The number of rotatable bonds is 7. The fraction of sp³-hybridized carbons (Fsp3) is 0.875. The lowest BCUT2D eigenvalue weighted by molar-refractivity contribution is 0.389. The van der Waals surface area contributed by atoms with Crippen molar-refractivity contribution in [1.82, 2.24) is 9.62 Å². The van der Waals surface area contributed by atoms with Gasteiger partial charge >= 0.3 is 0 Å². The van der Waals surface area contributed by atoms with Crippen LogP contribution in [0, 0.1) is 5.41 Å². The van der Waals surface area contributed by atoms with Gasteiger partial charge < -0.3 is 5.32 Å². The summed E-state index contributed by atoms with van der Waals surface area (Å²) >= 11 is 0. The predicted molar refractivity (Wildman–Crippen MR) is 89.9 cm³/mol. The molecule has 4 nitrogen and oxygen atoms in total. The van der Waals surface area contributed by atoms with Gasteiger partial charge in [-0.1, -0.05) is 46.3 Å². The molecule has 1 rings (SSSR count). The fourth-order valence-corrected chi connectivity index (χ4v) is 4.01. The molecule has 1 aliphatic rings. The second-order valence-corrected chi connectivity index (χ2v) is 9.31. The maximum Gasteiger partial charge on any atom is 0.214 e. The summed E-state index contributed by atoms with van der Waals surface area (Å²) in [6, 6.07) is 0.463. The molecule has 0 amide bonds. The van der Waals surface area contributed by atoms with Crippen LogP contribution in [0.25, 0.3) is 0 Å². The summed E-state index contributed by atoms with van der Waals surface area (Å²) in [4.78, 5) is 0. The Hall–Kier alpha value is -0.390. The first-order valence-electron chi connectivity index (χ1n) is 8.03. The van der Waals surface area contributed by atoms with Gasteiger partial charge in [-0.05, 0) is 31.2 Å². The maximum atomic E-state index is 12.3. The summed E-state index contributed by atoms with van der Waals surface area (Å²) in [6.07, 6.45) is 4.60. The molecule has 1 heterocycles. The third kappa shape index (κ3) is 6.49. The van der Waals surface area contributed by atoms with Crippen LogP contribution in [-0.2, 0) is 10.0 Å². The van der Waals surface area contributed by atoms with E-state index in [9.17, 15) is 8.42 Å². The summed E-state index contributed by atoms with van der Waals surface area (Å²) < 4.78 is 26.3. The highest BCUT2D eigenvalue weighted by Crippen LogP contribution is 2.30. The molecule has 0 aromatic rings. The third-order valence-corrected chi connectivity index (χ3v) is 5.83. The van der Waals surface area contributed by atoms with Gasteiger partial charge in [0.2, 0.25) is 10.0 Å². The van der Waals surface area contributed by atoms with E-state index in [1.54, 1.807) is 4.31 Å². The largest absolute Gasteiger partial charge is 0.315 e. The van der Waals surface area contributed by atoms with Gasteiger partial charge in [-0.15, -0.1) is 0 Å². The number of hydrogen-bond donors (Lipinski definition) is 1. The fourth-order valence-electron chi connectivity index (χ4n) is 2.51. The van der Waals surface area contributed by atoms with Crippen LogP contribution in [0.2, 0.25) is 0 Å². The summed E-state index contributed by atoms with van der Waals surface area (Å²) in [6.45, 7) is 12.8.